The molecule has 3 nitrogen and oxygen atoms in total. The van der Waals surface area contributed by atoms with Gasteiger partial charge < -0.3 is 9.57 Å². The maximum atomic E-state index is 6.06. The van der Waals surface area contributed by atoms with Gasteiger partial charge in [0.05, 0.1) is 7.11 Å². The Bertz CT molecular complexity index is 1160. The Morgan fingerprint density at radius 2 is 1.22 bits per heavy atom. The molecule has 0 aliphatic rings. The molecule has 4 aromatic rings. The minimum atomic E-state index is -0.513. The van der Waals surface area contributed by atoms with Crippen molar-refractivity contribution in [3.63, 3.8) is 0 Å². The third-order valence-electron chi connectivity index (χ3n) is 4.88. The van der Waals surface area contributed by atoms with Crippen molar-refractivity contribution in [2.75, 3.05) is 7.11 Å². The van der Waals surface area contributed by atoms with E-state index in [9.17, 15) is 0 Å². The van der Waals surface area contributed by atoms with E-state index in [1.165, 1.54) is 0 Å². The molecule has 4 rings (SSSR count). The van der Waals surface area contributed by atoms with E-state index in [1.54, 1.807) is 7.11 Å². The molecule has 1 atom stereocenters. The predicted octanol–water partition coefficient (Wildman–Crippen LogP) is 6.26. The monoisotopic (exact) mass is 417 g/mol. The second-order valence-corrected chi connectivity index (χ2v) is 7.07. The van der Waals surface area contributed by atoms with Gasteiger partial charge in [-0.15, -0.1) is 0 Å². The summed E-state index contributed by atoms with van der Waals surface area (Å²) in [7, 11) is 1.65. The second kappa shape index (κ2) is 10.7. The lowest BCUT2D eigenvalue weighted by atomic mass is 10.0. The summed E-state index contributed by atoms with van der Waals surface area (Å²) < 4.78 is 5.22. The maximum absolute atomic E-state index is 6.06. The van der Waals surface area contributed by atoms with Crippen molar-refractivity contribution in [1.29, 1.82) is 0 Å². The molecule has 0 amide bonds. The molecule has 0 aliphatic carbocycles. The second-order valence-electron chi connectivity index (χ2n) is 7.07. The van der Waals surface area contributed by atoms with Gasteiger partial charge in [0.2, 0.25) is 6.10 Å². The SMILES string of the molecule is COc1ccc(C#CC(ON=C(c2ccccc2)c2ccccc2)c2ccccc2)cc1. The Hall–Kier alpha value is -4.29. The van der Waals surface area contributed by atoms with Crippen LogP contribution < -0.4 is 4.74 Å². The molecular weight excluding hydrogens is 394 g/mol. The lowest BCUT2D eigenvalue weighted by Crippen LogP contribution is -2.06. The van der Waals surface area contributed by atoms with Gasteiger partial charge >= 0.3 is 0 Å². The highest BCUT2D eigenvalue weighted by atomic mass is 16.6. The summed E-state index contributed by atoms with van der Waals surface area (Å²) in [5.41, 5.74) is 4.55. The van der Waals surface area contributed by atoms with Gasteiger partial charge in [0, 0.05) is 22.3 Å². The van der Waals surface area contributed by atoms with Crippen molar-refractivity contribution in [2.45, 2.75) is 6.10 Å². The molecule has 0 heterocycles. The van der Waals surface area contributed by atoms with Crippen LogP contribution in [0.2, 0.25) is 0 Å². The van der Waals surface area contributed by atoms with Crippen LogP contribution in [0.4, 0.5) is 0 Å². The Balaban J connectivity index is 1.68. The van der Waals surface area contributed by atoms with E-state index < -0.39 is 6.10 Å². The van der Waals surface area contributed by atoms with E-state index in [0.29, 0.717) is 0 Å². The fraction of sp³-hybridized carbons (Fsp3) is 0.0690. The van der Waals surface area contributed by atoms with Crippen molar-refractivity contribution in [2.24, 2.45) is 5.16 Å². The summed E-state index contributed by atoms with van der Waals surface area (Å²) in [6, 6.07) is 37.6. The Morgan fingerprint density at radius 3 is 1.75 bits per heavy atom. The largest absolute Gasteiger partial charge is 0.497 e. The molecule has 156 valence electrons. The molecule has 0 saturated heterocycles. The van der Waals surface area contributed by atoms with Crippen LogP contribution in [-0.2, 0) is 4.84 Å². The first-order chi connectivity index (χ1) is 15.8. The van der Waals surface area contributed by atoms with Gasteiger partial charge in [-0.1, -0.05) is 102 Å². The van der Waals surface area contributed by atoms with Crippen molar-refractivity contribution >= 4 is 5.71 Å². The molecule has 4 aromatic carbocycles. The smallest absolute Gasteiger partial charge is 0.213 e. The molecule has 32 heavy (non-hydrogen) atoms. The van der Waals surface area contributed by atoms with Crippen molar-refractivity contribution < 1.29 is 9.57 Å². The van der Waals surface area contributed by atoms with Crippen molar-refractivity contribution in [3.8, 4) is 17.6 Å². The van der Waals surface area contributed by atoms with Gasteiger partial charge in [-0.3, -0.25) is 0 Å². The normalized spacial score (nSPS) is 10.9. The topological polar surface area (TPSA) is 30.8 Å². The Kier molecular flexibility index (Phi) is 6.98. The van der Waals surface area contributed by atoms with Gasteiger partial charge in [-0.25, -0.2) is 0 Å². The average Bonchev–Trinajstić information content (AvgIpc) is 2.88. The highest BCUT2D eigenvalue weighted by Gasteiger charge is 2.12. The lowest BCUT2D eigenvalue weighted by Gasteiger charge is -2.12. The highest BCUT2D eigenvalue weighted by molar-refractivity contribution is 6.12. The first-order valence-electron chi connectivity index (χ1n) is 10.4. The van der Waals surface area contributed by atoms with E-state index in [0.717, 1.165) is 33.7 Å². The van der Waals surface area contributed by atoms with Crippen LogP contribution in [0.15, 0.2) is 120 Å². The van der Waals surface area contributed by atoms with Crippen LogP contribution in [0.25, 0.3) is 0 Å². The minimum absolute atomic E-state index is 0.513. The molecule has 0 fully saturated rings. The van der Waals surface area contributed by atoms with E-state index in [4.69, 9.17) is 9.57 Å². The first kappa shape index (κ1) is 21.0. The first-order valence-corrected chi connectivity index (χ1v) is 10.4. The maximum Gasteiger partial charge on any atom is 0.213 e. The number of benzene rings is 4. The third kappa shape index (κ3) is 5.44. The zero-order chi connectivity index (χ0) is 22.0. The average molecular weight is 418 g/mol. The van der Waals surface area contributed by atoms with Gasteiger partial charge in [0.15, 0.2) is 0 Å². The van der Waals surface area contributed by atoms with Crippen molar-refractivity contribution in [3.05, 3.63) is 138 Å². The van der Waals surface area contributed by atoms with E-state index in [-0.39, 0.29) is 0 Å². The molecule has 0 N–H and O–H groups in total. The van der Waals surface area contributed by atoms with Crippen LogP contribution >= 0.6 is 0 Å². The number of methoxy groups -OCH3 is 1. The molecule has 0 bridgehead atoms. The van der Waals surface area contributed by atoms with Gasteiger partial charge in [0.1, 0.15) is 11.5 Å². The Morgan fingerprint density at radius 1 is 0.688 bits per heavy atom. The standard InChI is InChI=1S/C29H23NO2/c1-31-27-20-17-23(18-21-27)19-22-28(24-11-5-2-6-12-24)32-30-29(25-13-7-3-8-14-25)26-15-9-4-10-16-26/h2-18,20-21,28H,1H3. The van der Waals surface area contributed by atoms with Crippen LogP contribution in [0, 0.1) is 11.8 Å². The van der Waals surface area contributed by atoms with Gasteiger partial charge in [-0.2, -0.15) is 0 Å². The zero-order valence-corrected chi connectivity index (χ0v) is 17.8. The minimum Gasteiger partial charge on any atom is -0.497 e. The number of nitrogens with zero attached hydrogens (tertiary/aromatic N) is 1. The van der Waals surface area contributed by atoms with Crippen LogP contribution in [-0.4, -0.2) is 12.8 Å². The fourth-order valence-corrected chi connectivity index (χ4v) is 3.19. The number of ether oxygens (including phenoxy) is 1. The number of hydrogen-bond donors (Lipinski definition) is 0. The molecular formula is C29H23NO2. The molecule has 0 aliphatic heterocycles. The number of rotatable bonds is 6. The van der Waals surface area contributed by atoms with Crippen molar-refractivity contribution in [1.82, 2.24) is 0 Å². The van der Waals surface area contributed by atoms with Crippen LogP contribution in [0.3, 0.4) is 0 Å². The molecule has 3 heteroatoms. The molecule has 0 aromatic heterocycles. The summed E-state index contributed by atoms with van der Waals surface area (Å²) in [5.74, 6) is 7.22. The molecule has 0 saturated carbocycles. The highest BCUT2D eigenvalue weighted by Crippen LogP contribution is 2.20. The quantitative estimate of drug-likeness (QED) is 0.211. The fourth-order valence-electron chi connectivity index (χ4n) is 3.19. The number of hydrogen-bond acceptors (Lipinski definition) is 3. The van der Waals surface area contributed by atoms with Crippen LogP contribution in [0.5, 0.6) is 5.75 Å². The Labute approximate surface area is 189 Å². The van der Waals surface area contributed by atoms with Gasteiger partial charge in [-0.05, 0) is 30.2 Å². The zero-order valence-electron chi connectivity index (χ0n) is 17.8. The molecule has 0 spiro atoms. The predicted molar refractivity (Wildman–Crippen MR) is 129 cm³/mol. The summed E-state index contributed by atoms with van der Waals surface area (Å²) in [6.07, 6.45) is -0.513. The molecule has 1 unspecified atom stereocenters. The van der Waals surface area contributed by atoms with Gasteiger partial charge in [0.25, 0.3) is 0 Å². The summed E-state index contributed by atoms with van der Waals surface area (Å²) >= 11 is 0. The van der Waals surface area contributed by atoms with E-state index in [2.05, 4.69) is 17.0 Å². The molecule has 0 radical (unpaired) electrons. The third-order valence-corrected chi connectivity index (χ3v) is 4.88. The number of oxime groups is 1. The van der Waals surface area contributed by atoms with E-state index >= 15 is 0 Å². The lowest BCUT2D eigenvalue weighted by molar-refractivity contribution is 0.0999. The summed E-state index contributed by atoms with van der Waals surface area (Å²) in [4.78, 5) is 6.06. The summed E-state index contributed by atoms with van der Waals surface area (Å²) in [6.45, 7) is 0. The van der Waals surface area contributed by atoms with Crippen LogP contribution in [0.1, 0.15) is 28.4 Å². The summed E-state index contributed by atoms with van der Waals surface area (Å²) in [5, 5.41) is 4.57. The van der Waals surface area contributed by atoms with E-state index in [1.807, 2.05) is 115 Å².